The Kier molecular flexibility index (Phi) is 9.97. The standard InChI is InChI=1S/C30H39NO6/c1-35-26-12-9-22(10-13-26)27(33)8-4-2-3-7-25(32)19-24(21-31-15-5-6-16-31)30(34)23-11-14-28-29(20-23)37-18-17-36-28/h9-14,20,24,30,34H,2-8,15-19,21H2,1H3/t24-,30?/m1/s1. The fraction of sp³-hybridized carbons (Fsp3) is 0.533. The van der Waals surface area contributed by atoms with E-state index in [4.69, 9.17) is 14.2 Å². The molecular formula is C30H39NO6. The van der Waals surface area contributed by atoms with Gasteiger partial charge in [-0.2, -0.15) is 0 Å². The highest BCUT2D eigenvalue weighted by Gasteiger charge is 2.28. The van der Waals surface area contributed by atoms with Crippen LogP contribution >= 0.6 is 0 Å². The second-order valence-electron chi connectivity index (χ2n) is 10.1. The topological polar surface area (TPSA) is 85.3 Å². The van der Waals surface area contributed by atoms with Gasteiger partial charge in [0.15, 0.2) is 17.3 Å². The largest absolute Gasteiger partial charge is 0.497 e. The van der Waals surface area contributed by atoms with Crippen LogP contribution in [-0.4, -0.2) is 61.5 Å². The molecule has 4 rings (SSSR count). The lowest BCUT2D eigenvalue weighted by Gasteiger charge is -2.28. The van der Waals surface area contributed by atoms with Crippen molar-refractivity contribution in [2.75, 3.05) is 40.0 Å². The van der Waals surface area contributed by atoms with Crippen molar-refractivity contribution in [3.63, 3.8) is 0 Å². The first kappa shape index (κ1) is 27.1. The lowest BCUT2D eigenvalue weighted by atomic mass is 9.89. The molecule has 2 heterocycles. The fourth-order valence-corrected chi connectivity index (χ4v) is 5.19. The Morgan fingerprint density at radius 1 is 0.946 bits per heavy atom. The molecule has 2 aliphatic rings. The summed E-state index contributed by atoms with van der Waals surface area (Å²) in [6, 6.07) is 12.7. The number of rotatable bonds is 14. The van der Waals surface area contributed by atoms with Gasteiger partial charge in [0.1, 0.15) is 24.7 Å². The monoisotopic (exact) mass is 509 g/mol. The van der Waals surface area contributed by atoms with Crippen molar-refractivity contribution < 1.29 is 28.9 Å². The summed E-state index contributed by atoms with van der Waals surface area (Å²) >= 11 is 0. The molecule has 37 heavy (non-hydrogen) atoms. The molecular weight excluding hydrogens is 470 g/mol. The summed E-state index contributed by atoms with van der Waals surface area (Å²) in [7, 11) is 1.60. The molecule has 7 nitrogen and oxygen atoms in total. The summed E-state index contributed by atoms with van der Waals surface area (Å²) in [6.07, 6.45) is 5.21. The molecule has 0 bridgehead atoms. The lowest BCUT2D eigenvalue weighted by molar-refractivity contribution is -0.121. The van der Waals surface area contributed by atoms with Crippen LogP contribution in [0.15, 0.2) is 42.5 Å². The number of unbranched alkanes of at least 4 members (excludes halogenated alkanes) is 2. The zero-order valence-corrected chi connectivity index (χ0v) is 21.8. The van der Waals surface area contributed by atoms with Crippen LogP contribution in [0.5, 0.6) is 17.2 Å². The molecule has 0 aromatic heterocycles. The normalized spacial score (nSPS) is 16.8. The molecule has 200 valence electrons. The zero-order valence-electron chi connectivity index (χ0n) is 21.8. The van der Waals surface area contributed by atoms with Crippen molar-refractivity contribution in [3.05, 3.63) is 53.6 Å². The Bertz CT molecular complexity index is 1030. The van der Waals surface area contributed by atoms with E-state index in [1.807, 2.05) is 18.2 Å². The van der Waals surface area contributed by atoms with Gasteiger partial charge in [0.05, 0.1) is 13.2 Å². The molecule has 1 unspecified atom stereocenters. The van der Waals surface area contributed by atoms with Crippen LogP contribution in [0.2, 0.25) is 0 Å². The van der Waals surface area contributed by atoms with Crippen molar-refractivity contribution in [1.82, 2.24) is 4.90 Å². The Morgan fingerprint density at radius 2 is 1.65 bits per heavy atom. The maximum absolute atomic E-state index is 12.9. The summed E-state index contributed by atoms with van der Waals surface area (Å²) in [6.45, 7) is 3.75. The number of fused-ring (bicyclic) bond motifs is 1. The van der Waals surface area contributed by atoms with Crippen molar-refractivity contribution in [3.8, 4) is 17.2 Å². The molecule has 0 saturated carbocycles. The minimum absolute atomic E-state index is 0.113. The summed E-state index contributed by atoms with van der Waals surface area (Å²) in [5, 5.41) is 11.3. The van der Waals surface area contributed by atoms with Gasteiger partial charge in [0.2, 0.25) is 0 Å². The van der Waals surface area contributed by atoms with E-state index < -0.39 is 6.10 Å². The number of hydrogen-bond acceptors (Lipinski definition) is 7. The molecule has 0 aliphatic carbocycles. The lowest BCUT2D eigenvalue weighted by Crippen LogP contribution is -2.31. The third-order valence-electron chi connectivity index (χ3n) is 7.31. The molecule has 2 aromatic rings. The van der Waals surface area contributed by atoms with Crippen molar-refractivity contribution in [1.29, 1.82) is 0 Å². The van der Waals surface area contributed by atoms with Crippen LogP contribution in [0.3, 0.4) is 0 Å². The first-order valence-corrected chi connectivity index (χ1v) is 13.5. The first-order chi connectivity index (χ1) is 18.0. The number of aliphatic hydroxyl groups excluding tert-OH is 1. The maximum Gasteiger partial charge on any atom is 0.162 e. The second-order valence-corrected chi connectivity index (χ2v) is 10.1. The van der Waals surface area contributed by atoms with Crippen LogP contribution in [0.4, 0.5) is 0 Å². The van der Waals surface area contributed by atoms with Crippen LogP contribution in [0, 0.1) is 5.92 Å². The van der Waals surface area contributed by atoms with E-state index in [2.05, 4.69) is 4.90 Å². The Morgan fingerprint density at radius 3 is 2.38 bits per heavy atom. The number of hydrogen-bond donors (Lipinski definition) is 1. The van der Waals surface area contributed by atoms with Gasteiger partial charge in [0, 0.05) is 37.3 Å². The van der Waals surface area contributed by atoms with Gasteiger partial charge in [-0.25, -0.2) is 0 Å². The number of carbonyl (C=O) groups is 2. The SMILES string of the molecule is COc1ccc(C(=O)CCCCCC(=O)C[C@H](CN2CCCC2)C(O)c2ccc3c(c2)OCCO3)cc1. The Balaban J connectivity index is 1.26. The summed E-state index contributed by atoms with van der Waals surface area (Å²) in [5.74, 6) is 2.18. The van der Waals surface area contributed by atoms with E-state index >= 15 is 0 Å². The van der Waals surface area contributed by atoms with Crippen molar-refractivity contribution in [2.45, 2.75) is 57.5 Å². The van der Waals surface area contributed by atoms with Crippen LogP contribution in [0.25, 0.3) is 0 Å². The minimum atomic E-state index is -0.748. The van der Waals surface area contributed by atoms with E-state index in [1.54, 1.807) is 31.4 Å². The quantitative estimate of drug-likeness (QED) is 0.283. The number of carbonyl (C=O) groups excluding carboxylic acids is 2. The molecule has 1 fully saturated rings. The van der Waals surface area contributed by atoms with Crippen LogP contribution in [0.1, 0.15) is 73.4 Å². The van der Waals surface area contributed by atoms with Crippen LogP contribution in [-0.2, 0) is 4.79 Å². The van der Waals surface area contributed by atoms with Gasteiger partial charge in [-0.1, -0.05) is 12.5 Å². The number of methoxy groups -OCH3 is 1. The number of ether oxygens (including phenoxy) is 3. The van der Waals surface area contributed by atoms with Gasteiger partial charge in [-0.3, -0.25) is 9.59 Å². The van der Waals surface area contributed by atoms with Crippen LogP contribution < -0.4 is 14.2 Å². The average molecular weight is 510 g/mol. The molecule has 1 saturated heterocycles. The second kappa shape index (κ2) is 13.6. The Hall–Kier alpha value is -2.90. The summed E-state index contributed by atoms with van der Waals surface area (Å²) in [5.41, 5.74) is 1.45. The number of nitrogens with zero attached hydrogens (tertiary/aromatic N) is 1. The van der Waals surface area contributed by atoms with Gasteiger partial charge in [-0.15, -0.1) is 0 Å². The number of benzene rings is 2. The molecule has 0 amide bonds. The van der Waals surface area contributed by atoms with Crippen molar-refractivity contribution >= 4 is 11.6 Å². The smallest absolute Gasteiger partial charge is 0.162 e. The summed E-state index contributed by atoms with van der Waals surface area (Å²) in [4.78, 5) is 27.7. The predicted molar refractivity (Wildman–Crippen MR) is 142 cm³/mol. The van der Waals surface area contributed by atoms with E-state index in [0.29, 0.717) is 56.1 Å². The number of ketones is 2. The molecule has 2 aromatic carbocycles. The third kappa shape index (κ3) is 7.79. The molecule has 1 N–H and O–H groups in total. The fourth-order valence-electron chi connectivity index (χ4n) is 5.19. The van der Waals surface area contributed by atoms with Gasteiger partial charge in [-0.05, 0) is 80.7 Å². The highest BCUT2D eigenvalue weighted by atomic mass is 16.6. The Labute approximate surface area is 219 Å². The molecule has 2 aliphatic heterocycles. The number of aliphatic hydroxyl groups is 1. The van der Waals surface area contributed by atoms with Gasteiger partial charge in [0.25, 0.3) is 0 Å². The predicted octanol–water partition coefficient (Wildman–Crippen LogP) is 5.00. The average Bonchev–Trinajstić information content (AvgIpc) is 3.45. The third-order valence-corrected chi connectivity index (χ3v) is 7.31. The molecule has 0 spiro atoms. The highest BCUT2D eigenvalue weighted by molar-refractivity contribution is 5.96. The molecule has 2 atom stereocenters. The maximum atomic E-state index is 12.9. The molecule has 7 heteroatoms. The zero-order chi connectivity index (χ0) is 26.0. The van der Waals surface area contributed by atoms with Gasteiger partial charge < -0.3 is 24.2 Å². The number of likely N-dealkylation sites (tertiary alicyclic amines) is 1. The summed E-state index contributed by atoms with van der Waals surface area (Å²) < 4.78 is 16.4. The first-order valence-electron chi connectivity index (χ1n) is 13.5. The van der Waals surface area contributed by atoms with E-state index in [1.165, 1.54) is 0 Å². The highest BCUT2D eigenvalue weighted by Crippen LogP contribution is 2.36. The van der Waals surface area contributed by atoms with E-state index in [9.17, 15) is 14.7 Å². The van der Waals surface area contributed by atoms with Crippen molar-refractivity contribution in [2.24, 2.45) is 5.92 Å². The number of Topliss-reactive ketones (excluding diaryl/α,β-unsaturated/α-hetero) is 2. The van der Waals surface area contributed by atoms with E-state index in [-0.39, 0.29) is 17.5 Å². The molecule has 0 radical (unpaired) electrons. The minimum Gasteiger partial charge on any atom is -0.497 e. The van der Waals surface area contributed by atoms with Gasteiger partial charge >= 0.3 is 0 Å². The van der Waals surface area contributed by atoms with E-state index in [0.717, 1.165) is 56.5 Å².